The smallest absolute Gasteiger partial charge is 0.227 e. The summed E-state index contributed by atoms with van der Waals surface area (Å²) in [5.74, 6) is 3.46. The van der Waals surface area contributed by atoms with Crippen molar-refractivity contribution in [1.82, 2.24) is 14.8 Å². The highest BCUT2D eigenvalue weighted by Gasteiger charge is 2.38. The van der Waals surface area contributed by atoms with Gasteiger partial charge < -0.3 is 19.1 Å². The molecule has 0 unspecified atom stereocenters. The quantitative estimate of drug-likeness (QED) is 0.810. The van der Waals surface area contributed by atoms with Crippen molar-refractivity contribution in [3.8, 4) is 22.9 Å². The summed E-state index contributed by atoms with van der Waals surface area (Å²) >= 11 is 0. The van der Waals surface area contributed by atoms with E-state index in [2.05, 4.69) is 26.6 Å². The normalized spacial score (nSPS) is 21.1. The minimum atomic E-state index is 0.373. The molecule has 2 saturated heterocycles. The summed E-state index contributed by atoms with van der Waals surface area (Å²) in [5.41, 5.74) is 1.39. The highest BCUT2D eigenvalue weighted by Crippen LogP contribution is 2.41. The largest absolute Gasteiger partial charge is 0.486 e. The predicted molar refractivity (Wildman–Crippen MR) is 106 cm³/mol. The number of ether oxygens (including phenoxy) is 3. The second-order valence-electron chi connectivity index (χ2n) is 8.06. The van der Waals surface area contributed by atoms with Crippen molar-refractivity contribution < 1.29 is 14.2 Å². The van der Waals surface area contributed by atoms with Crippen LogP contribution in [0.5, 0.6) is 11.5 Å². The molecule has 0 aliphatic carbocycles. The van der Waals surface area contributed by atoms with Crippen LogP contribution in [0.2, 0.25) is 0 Å². The summed E-state index contributed by atoms with van der Waals surface area (Å²) in [6.45, 7) is 8.04. The molecule has 1 aromatic heterocycles. The number of benzene rings is 1. The maximum absolute atomic E-state index is 5.75. The van der Waals surface area contributed by atoms with E-state index in [-0.39, 0.29) is 0 Å². The molecule has 1 aromatic carbocycles. The van der Waals surface area contributed by atoms with Crippen molar-refractivity contribution >= 4 is 5.95 Å². The number of nitrogens with zero attached hydrogens (tertiary/aromatic N) is 4. The van der Waals surface area contributed by atoms with Gasteiger partial charge in [0.25, 0.3) is 0 Å². The highest BCUT2D eigenvalue weighted by molar-refractivity contribution is 5.63. The fourth-order valence-corrected chi connectivity index (χ4v) is 4.81. The first-order valence-corrected chi connectivity index (χ1v) is 10.4. The van der Waals surface area contributed by atoms with Crippen LogP contribution in [0.4, 0.5) is 5.95 Å². The molecule has 28 heavy (non-hydrogen) atoms. The number of piperidine rings is 1. The lowest BCUT2D eigenvalue weighted by molar-refractivity contribution is 0.00727. The Kier molecular flexibility index (Phi) is 4.62. The molecule has 5 rings (SSSR count). The molecule has 0 radical (unpaired) electrons. The third-order valence-electron chi connectivity index (χ3n) is 6.35. The molecular formula is C21H28N4O3. The fourth-order valence-electron chi connectivity index (χ4n) is 4.81. The van der Waals surface area contributed by atoms with Gasteiger partial charge in [0.05, 0.1) is 0 Å². The van der Waals surface area contributed by atoms with Gasteiger partial charge in [-0.1, -0.05) is 0 Å². The van der Waals surface area contributed by atoms with Crippen LogP contribution in [0.1, 0.15) is 32.6 Å². The molecule has 0 saturated carbocycles. The summed E-state index contributed by atoms with van der Waals surface area (Å²) in [7, 11) is 0. The van der Waals surface area contributed by atoms with Gasteiger partial charge >= 0.3 is 0 Å². The minimum Gasteiger partial charge on any atom is -0.486 e. The Morgan fingerprint density at radius 2 is 1.82 bits per heavy atom. The minimum absolute atomic E-state index is 0.373. The maximum Gasteiger partial charge on any atom is 0.227 e. The molecule has 7 heteroatoms. The summed E-state index contributed by atoms with van der Waals surface area (Å²) < 4.78 is 19.2. The van der Waals surface area contributed by atoms with Crippen LogP contribution >= 0.6 is 0 Å². The molecule has 2 aromatic rings. The van der Waals surface area contributed by atoms with Crippen LogP contribution in [0.3, 0.4) is 0 Å². The summed E-state index contributed by atoms with van der Waals surface area (Å²) in [5, 5.41) is 9.18. The van der Waals surface area contributed by atoms with Gasteiger partial charge in [0.1, 0.15) is 13.2 Å². The van der Waals surface area contributed by atoms with E-state index in [4.69, 9.17) is 14.2 Å². The number of hydrogen-bond donors (Lipinski definition) is 0. The number of aromatic nitrogens is 3. The van der Waals surface area contributed by atoms with Crippen LogP contribution < -0.4 is 14.4 Å². The second kappa shape index (κ2) is 7.28. The number of fused-ring (bicyclic) bond motifs is 1. The average molecular weight is 384 g/mol. The zero-order valence-corrected chi connectivity index (χ0v) is 16.5. The Balaban J connectivity index is 1.45. The van der Waals surface area contributed by atoms with E-state index in [1.165, 1.54) is 12.8 Å². The van der Waals surface area contributed by atoms with E-state index in [0.29, 0.717) is 18.6 Å². The van der Waals surface area contributed by atoms with Gasteiger partial charge in [-0.25, -0.2) is 0 Å². The molecule has 3 aliphatic heterocycles. The summed E-state index contributed by atoms with van der Waals surface area (Å²) in [6.07, 6.45) is 4.80. The Morgan fingerprint density at radius 3 is 2.64 bits per heavy atom. The zero-order chi connectivity index (χ0) is 19.0. The summed E-state index contributed by atoms with van der Waals surface area (Å²) in [4.78, 5) is 2.44. The van der Waals surface area contributed by atoms with E-state index in [9.17, 15) is 0 Å². The van der Waals surface area contributed by atoms with Crippen molar-refractivity contribution in [2.75, 3.05) is 44.4 Å². The standard InChI is InChI=1S/C21H28N4O3/c1-2-25-19(16-4-5-17-18(14-16)28-13-12-27-17)22-23-20(25)24-9-3-6-21(15-24)7-10-26-11-8-21/h4-5,14H,2-3,6-13,15H2,1H3. The highest BCUT2D eigenvalue weighted by atomic mass is 16.6. The first-order valence-electron chi connectivity index (χ1n) is 10.4. The van der Waals surface area contributed by atoms with E-state index in [1.54, 1.807) is 0 Å². The van der Waals surface area contributed by atoms with Crippen LogP contribution in [0, 0.1) is 5.41 Å². The van der Waals surface area contributed by atoms with E-state index < -0.39 is 0 Å². The number of rotatable bonds is 3. The van der Waals surface area contributed by atoms with Gasteiger partial charge in [0, 0.05) is 38.4 Å². The van der Waals surface area contributed by atoms with Gasteiger partial charge in [-0.05, 0) is 56.2 Å². The van der Waals surface area contributed by atoms with Crippen molar-refractivity contribution in [3.63, 3.8) is 0 Å². The maximum atomic E-state index is 5.75. The van der Waals surface area contributed by atoms with Gasteiger partial charge in [-0.3, -0.25) is 4.57 Å². The van der Waals surface area contributed by atoms with E-state index >= 15 is 0 Å². The Hall–Kier alpha value is -2.28. The topological polar surface area (TPSA) is 61.6 Å². The first-order chi connectivity index (χ1) is 13.8. The van der Waals surface area contributed by atoms with Crippen molar-refractivity contribution in [2.45, 2.75) is 39.2 Å². The third kappa shape index (κ3) is 3.11. The predicted octanol–water partition coefficient (Wildman–Crippen LogP) is 3.13. The van der Waals surface area contributed by atoms with Crippen LogP contribution in [0.25, 0.3) is 11.4 Å². The molecule has 150 valence electrons. The van der Waals surface area contributed by atoms with Crippen LogP contribution in [-0.4, -0.2) is 54.3 Å². The molecule has 3 aliphatic rings. The number of hydrogen-bond acceptors (Lipinski definition) is 6. The van der Waals surface area contributed by atoms with Gasteiger partial charge in [0.2, 0.25) is 5.95 Å². The molecule has 0 bridgehead atoms. The van der Waals surface area contributed by atoms with Crippen molar-refractivity contribution in [1.29, 1.82) is 0 Å². The lowest BCUT2D eigenvalue weighted by atomic mass is 9.74. The second-order valence-corrected chi connectivity index (χ2v) is 8.06. The Labute approximate surface area is 165 Å². The van der Waals surface area contributed by atoms with E-state index in [1.807, 2.05) is 18.2 Å². The molecule has 0 N–H and O–H groups in total. The van der Waals surface area contributed by atoms with Gasteiger partial charge in [-0.15, -0.1) is 10.2 Å². The lowest BCUT2D eigenvalue weighted by Gasteiger charge is -2.45. The zero-order valence-electron chi connectivity index (χ0n) is 16.5. The molecule has 1 spiro atoms. The summed E-state index contributed by atoms with van der Waals surface area (Å²) in [6, 6.07) is 6.03. The molecule has 0 atom stereocenters. The van der Waals surface area contributed by atoms with E-state index in [0.717, 1.165) is 74.5 Å². The Morgan fingerprint density at radius 1 is 1.00 bits per heavy atom. The van der Waals surface area contributed by atoms with Crippen molar-refractivity contribution in [3.05, 3.63) is 18.2 Å². The monoisotopic (exact) mass is 384 g/mol. The third-order valence-corrected chi connectivity index (χ3v) is 6.35. The molecule has 4 heterocycles. The molecule has 0 amide bonds. The lowest BCUT2D eigenvalue weighted by Crippen LogP contribution is -2.47. The van der Waals surface area contributed by atoms with Gasteiger partial charge in [-0.2, -0.15) is 0 Å². The Bertz CT molecular complexity index is 839. The molecule has 7 nitrogen and oxygen atoms in total. The fraction of sp³-hybridized carbons (Fsp3) is 0.619. The molecular weight excluding hydrogens is 356 g/mol. The SMILES string of the molecule is CCn1c(-c2ccc3c(c2)OCCO3)nnc1N1CCCC2(CCOCC2)C1. The molecule has 2 fully saturated rings. The van der Waals surface area contributed by atoms with Gasteiger partial charge in [0.15, 0.2) is 17.3 Å². The average Bonchev–Trinajstić information content (AvgIpc) is 3.18. The van der Waals surface area contributed by atoms with Crippen LogP contribution in [0.15, 0.2) is 18.2 Å². The number of anilines is 1. The van der Waals surface area contributed by atoms with Crippen molar-refractivity contribution in [2.24, 2.45) is 5.41 Å². The van der Waals surface area contributed by atoms with Crippen LogP contribution in [-0.2, 0) is 11.3 Å². The first kappa shape index (κ1) is 17.8.